The molecule has 0 atom stereocenters. The fraction of sp³-hybridized carbons (Fsp3) is 0.444. The number of anilines is 1. The summed E-state index contributed by atoms with van der Waals surface area (Å²) >= 11 is 0. The number of nitrogen functional groups attached to an aromatic ring is 1. The summed E-state index contributed by atoms with van der Waals surface area (Å²) in [5.74, 6) is -1.53. The highest BCUT2D eigenvalue weighted by atomic mass is 19.4. The van der Waals surface area contributed by atoms with E-state index in [9.17, 15) is 13.2 Å². The van der Waals surface area contributed by atoms with E-state index < -0.39 is 12.0 Å². The van der Waals surface area contributed by atoms with E-state index in [4.69, 9.17) is 5.73 Å². The van der Waals surface area contributed by atoms with E-state index in [0.29, 0.717) is 0 Å². The largest absolute Gasteiger partial charge is 0.451 e. The Hall–Kier alpha value is -2.06. The maximum atomic E-state index is 12.6. The highest BCUT2D eigenvalue weighted by Crippen LogP contribution is 2.29. The van der Waals surface area contributed by atoms with Crippen LogP contribution < -0.4 is 11.2 Å². The van der Waals surface area contributed by atoms with Crippen LogP contribution in [0.2, 0.25) is 0 Å². The number of halogens is 3. The van der Waals surface area contributed by atoms with Crippen molar-refractivity contribution in [2.75, 3.05) is 11.2 Å². The van der Waals surface area contributed by atoms with Gasteiger partial charge >= 0.3 is 6.18 Å². The summed E-state index contributed by atoms with van der Waals surface area (Å²) in [6.07, 6.45) is -1.32. The number of hydrogen-bond donors (Lipinski definition) is 2. The Morgan fingerprint density at radius 2 is 2.06 bits per heavy atom. The lowest BCUT2D eigenvalue weighted by atomic mass is 10.4. The number of fused-ring (bicyclic) bond motifs is 1. The first kappa shape index (κ1) is 11.1. The van der Waals surface area contributed by atoms with Gasteiger partial charge in [0.15, 0.2) is 17.0 Å². The molecule has 1 saturated carbocycles. The van der Waals surface area contributed by atoms with E-state index in [0.717, 1.165) is 12.8 Å². The summed E-state index contributed by atoms with van der Waals surface area (Å²) in [6, 6.07) is 0.257. The first-order valence-electron chi connectivity index (χ1n) is 5.29. The molecule has 0 aliphatic heterocycles. The van der Waals surface area contributed by atoms with Gasteiger partial charge in [-0.25, -0.2) is 19.6 Å². The van der Waals surface area contributed by atoms with E-state index in [-0.39, 0.29) is 23.0 Å². The number of rotatable bonds is 2. The molecule has 0 spiro atoms. The van der Waals surface area contributed by atoms with Crippen molar-refractivity contribution in [1.82, 2.24) is 19.6 Å². The fourth-order valence-electron chi connectivity index (χ4n) is 1.55. The minimum absolute atomic E-state index is 0.0433. The van der Waals surface area contributed by atoms with Crippen LogP contribution in [-0.2, 0) is 6.18 Å². The number of hydrogen-bond acceptors (Lipinski definition) is 5. The molecule has 2 aromatic heterocycles. The molecule has 3 N–H and O–H groups in total. The van der Waals surface area contributed by atoms with E-state index in [1.165, 1.54) is 11.0 Å². The molecule has 0 unspecified atom stereocenters. The second-order valence-corrected chi connectivity index (χ2v) is 4.12. The molecular weight excluding hydrogens is 249 g/mol. The van der Waals surface area contributed by atoms with Crippen molar-refractivity contribution in [3.63, 3.8) is 0 Å². The maximum absolute atomic E-state index is 12.6. The van der Waals surface area contributed by atoms with Crippen LogP contribution in [0.4, 0.5) is 19.0 Å². The van der Waals surface area contributed by atoms with Gasteiger partial charge in [0, 0.05) is 6.04 Å². The highest BCUT2D eigenvalue weighted by molar-refractivity contribution is 5.81. The summed E-state index contributed by atoms with van der Waals surface area (Å²) in [7, 11) is 0. The number of nitrogens with zero attached hydrogens (tertiary/aromatic N) is 4. The molecule has 1 aliphatic rings. The SMILES string of the molecule is Nc1nc(C(F)(F)F)nc2c1ncn2NC1CC1. The van der Waals surface area contributed by atoms with Crippen LogP contribution in [0, 0.1) is 0 Å². The third-order valence-corrected chi connectivity index (χ3v) is 2.58. The number of nitrogens with one attached hydrogen (secondary N) is 1. The summed E-state index contributed by atoms with van der Waals surface area (Å²) in [5, 5.41) is 0. The van der Waals surface area contributed by atoms with E-state index in [1.54, 1.807) is 0 Å². The topological polar surface area (TPSA) is 81.7 Å². The lowest BCUT2D eigenvalue weighted by molar-refractivity contribution is -0.144. The molecular formula is C9H9F3N6. The van der Waals surface area contributed by atoms with E-state index >= 15 is 0 Å². The smallest absolute Gasteiger partial charge is 0.382 e. The normalized spacial score (nSPS) is 16.2. The minimum atomic E-state index is -4.63. The molecule has 18 heavy (non-hydrogen) atoms. The van der Waals surface area contributed by atoms with Gasteiger partial charge in [0.2, 0.25) is 5.82 Å². The average Bonchev–Trinajstić information content (AvgIpc) is 2.98. The number of aromatic nitrogens is 4. The van der Waals surface area contributed by atoms with Gasteiger partial charge in [-0.05, 0) is 12.8 Å². The second-order valence-electron chi connectivity index (χ2n) is 4.12. The average molecular weight is 258 g/mol. The molecule has 0 radical (unpaired) electrons. The predicted molar refractivity (Wildman–Crippen MR) is 57.1 cm³/mol. The Morgan fingerprint density at radius 1 is 1.33 bits per heavy atom. The Morgan fingerprint density at radius 3 is 2.67 bits per heavy atom. The third kappa shape index (κ3) is 1.81. The van der Waals surface area contributed by atoms with Crippen LogP contribution in [0.25, 0.3) is 11.2 Å². The van der Waals surface area contributed by atoms with Crippen LogP contribution in [0.5, 0.6) is 0 Å². The van der Waals surface area contributed by atoms with E-state index in [1.807, 2.05) is 0 Å². The zero-order chi connectivity index (χ0) is 12.9. The Labute approximate surface area is 99.0 Å². The Balaban J connectivity index is 2.13. The zero-order valence-corrected chi connectivity index (χ0v) is 9.07. The first-order valence-corrected chi connectivity index (χ1v) is 5.29. The van der Waals surface area contributed by atoms with Crippen LogP contribution >= 0.6 is 0 Å². The molecule has 2 aromatic rings. The van der Waals surface area contributed by atoms with Crippen molar-refractivity contribution in [2.24, 2.45) is 0 Å². The van der Waals surface area contributed by atoms with Gasteiger partial charge in [-0.1, -0.05) is 0 Å². The van der Waals surface area contributed by atoms with Crippen molar-refractivity contribution in [3.8, 4) is 0 Å². The van der Waals surface area contributed by atoms with Crippen molar-refractivity contribution in [1.29, 1.82) is 0 Å². The fourth-order valence-corrected chi connectivity index (χ4v) is 1.55. The van der Waals surface area contributed by atoms with Gasteiger partial charge in [0.1, 0.15) is 6.33 Å². The lowest BCUT2D eigenvalue weighted by Gasteiger charge is -2.08. The van der Waals surface area contributed by atoms with Crippen LogP contribution in [0.1, 0.15) is 18.7 Å². The molecule has 0 bridgehead atoms. The number of imidazole rings is 1. The Bertz CT molecular complexity index is 600. The van der Waals surface area contributed by atoms with Gasteiger partial charge in [0.25, 0.3) is 0 Å². The standard InChI is InChI=1S/C9H9F3N6/c10-9(11,12)8-15-6(13)5-7(16-8)18(3-14-5)17-4-1-2-4/h3-4,17H,1-2H2,(H2,13,15,16). The van der Waals surface area contributed by atoms with Gasteiger partial charge in [-0.3, -0.25) is 0 Å². The van der Waals surface area contributed by atoms with Crippen LogP contribution in [-0.4, -0.2) is 25.7 Å². The van der Waals surface area contributed by atoms with Crippen LogP contribution in [0.15, 0.2) is 6.33 Å². The molecule has 0 amide bonds. The maximum Gasteiger partial charge on any atom is 0.451 e. The second kappa shape index (κ2) is 3.47. The monoisotopic (exact) mass is 258 g/mol. The molecule has 2 heterocycles. The molecule has 1 fully saturated rings. The lowest BCUT2D eigenvalue weighted by Crippen LogP contribution is -2.18. The van der Waals surface area contributed by atoms with Crippen LogP contribution in [0.3, 0.4) is 0 Å². The molecule has 6 nitrogen and oxygen atoms in total. The Kier molecular flexibility index (Phi) is 2.13. The van der Waals surface area contributed by atoms with Gasteiger partial charge < -0.3 is 11.2 Å². The first-order chi connectivity index (χ1) is 8.45. The van der Waals surface area contributed by atoms with Gasteiger partial charge in [-0.15, -0.1) is 0 Å². The molecule has 1 aliphatic carbocycles. The summed E-state index contributed by atoms with van der Waals surface area (Å²) in [5.41, 5.74) is 8.65. The van der Waals surface area contributed by atoms with Gasteiger partial charge in [0.05, 0.1) is 0 Å². The van der Waals surface area contributed by atoms with E-state index in [2.05, 4.69) is 20.4 Å². The van der Waals surface area contributed by atoms with Crippen molar-refractivity contribution < 1.29 is 13.2 Å². The van der Waals surface area contributed by atoms with Crippen molar-refractivity contribution in [3.05, 3.63) is 12.2 Å². The van der Waals surface area contributed by atoms with Gasteiger partial charge in [-0.2, -0.15) is 13.2 Å². The molecule has 0 saturated heterocycles. The summed E-state index contributed by atoms with van der Waals surface area (Å²) in [4.78, 5) is 10.6. The minimum Gasteiger partial charge on any atom is -0.382 e. The predicted octanol–water partition coefficient (Wildman–Crippen LogP) is 1.13. The highest BCUT2D eigenvalue weighted by Gasteiger charge is 2.36. The zero-order valence-electron chi connectivity index (χ0n) is 9.07. The number of alkyl halides is 3. The molecule has 9 heteroatoms. The third-order valence-electron chi connectivity index (χ3n) is 2.58. The molecule has 0 aromatic carbocycles. The molecule has 96 valence electrons. The van der Waals surface area contributed by atoms with Crippen molar-refractivity contribution >= 4 is 17.0 Å². The number of nitrogens with two attached hydrogens (primary N) is 1. The van der Waals surface area contributed by atoms with Crippen molar-refractivity contribution in [2.45, 2.75) is 25.1 Å². The summed E-state index contributed by atoms with van der Waals surface area (Å²) in [6.45, 7) is 0. The quantitative estimate of drug-likeness (QED) is 0.844. The summed E-state index contributed by atoms with van der Waals surface area (Å²) < 4.78 is 39.1. The molecule has 3 rings (SSSR count).